The van der Waals surface area contributed by atoms with Crippen molar-refractivity contribution < 1.29 is 47.7 Å². The second-order valence-electron chi connectivity index (χ2n) is 13.7. The van der Waals surface area contributed by atoms with Gasteiger partial charge in [0.1, 0.15) is 0 Å². The lowest BCUT2D eigenvalue weighted by Gasteiger charge is -2.32. The summed E-state index contributed by atoms with van der Waals surface area (Å²) in [7, 11) is 2.24. The zero-order valence-corrected chi connectivity index (χ0v) is 39.2. The first kappa shape index (κ1) is 50.2. The molecule has 2 heterocycles. The van der Waals surface area contributed by atoms with Gasteiger partial charge in [0.2, 0.25) is 6.41 Å². The minimum Gasteiger partial charge on any atom is -0.478 e. The van der Waals surface area contributed by atoms with Crippen LogP contribution in [0.25, 0.3) is 0 Å². The van der Waals surface area contributed by atoms with E-state index in [0.717, 1.165) is 23.0 Å². The molecule has 2 aliphatic rings. The molecule has 1 amide bonds. The standard InChI is InChI=1S/C14H16BBr2ClO3.C14H17BBr2O4.C3H7NO.C2Cl2O2/c2*1-13(2)14(3,4)21-15(20-13)10-7-8(12(18)19)5-6-9(10)11(16)17;1-4(2)3-5;3-1(5)2(4)6/h5-7,11H,1-4H3;5-7,11H,1-4H3,(H,18,19);3H,1-2H3;. The Kier molecular flexibility index (Phi) is 19.4. The Morgan fingerprint density at radius 3 is 1.17 bits per heavy atom. The van der Waals surface area contributed by atoms with Crippen LogP contribution < -0.4 is 10.9 Å². The molecule has 0 aliphatic carbocycles. The quantitative estimate of drug-likeness (QED) is 0.0913. The summed E-state index contributed by atoms with van der Waals surface area (Å²) in [5, 5.41) is 6.40. The van der Waals surface area contributed by atoms with E-state index in [1.807, 2.05) is 61.5 Å². The highest BCUT2D eigenvalue weighted by Crippen LogP contribution is 2.39. The third-order valence-electron chi connectivity index (χ3n) is 8.50. The average molecular weight is 1060 g/mol. The molecule has 2 aromatic rings. The SMILES string of the molecule is CC1(C)OB(c2cc(C(=O)Cl)ccc2C(Br)Br)OC1(C)C.CC1(C)OB(c2cc(C(=O)O)ccc2C(Br)Br)OC1(C)C.CN(C)C=O.O=C(Cl)C(=O)Cl. The molecule has 11 nitrogen and oxygen atoms in total. The Hall–Kier alpha value is -0.850. The Labute approximate surface area is 359 Å². The summed E-state index contributed by atoms with van der Waals surface area (Å²) >= 11 is 28.5. The topological polar surface area (TPSA) is 146 Å². The van der Waals surface area contributed by atoms with Gasteiger partial charge in [-0.05, 0) is 137 Å². The highest BCUT2D eigenvalue weighted by atomic mass is 79.9. The predicted molar refractivity (Wildman–Crippen MR) is 224 cm³/mol. The molecular weight excluding hydrogens is 1020 g/mol. The first-order chi connectivity index (χ1) is 24.0. The van der Waals surface area contributed by atoms with E-state index in [4.69, 9.17) is 30.2 Å². The zero-order chi connectivity index (χ0) is 41.4. The van der Waals surface area contributed by atoms with Gasteiger partial charge in [-0.2, -0.15) is 0 Å². The lowest BCUT2D eigenvalue weighted by atomic mass is 9.75. The van der Waals surface area contributed by atoms with Gasteiger partial charge >= 0.3 is 30.7 Å². The fourth-order valence-corrected chi connectivity index (χ4v) is 5.94. The van der Waals surface area contributed by atoms with E-state index in [-0.39, 0.29) is 13.0 Å². The van der Waals surface area contributed by atoms with Gasteiger partial charge in [0.05, 0.1) is 35.4 Å². The largest absolute Gasteiger partial charge is 0.495 e. The van der Waals surface area contributed by atoms with Gasteiger partial charge in [0.25, 0.3) is 5.24 Å². The van der Waals surface area contributed by atoms with Crippen LogP contribution >= 0.6 is 98.5 Å². The second kappa shape index (κ2) is 20.5. The number of aromatic carboxylic acids is 1. The fraction of sp³-hybridized carbons (Fsp3) is 0.485. The maximum atomic E-state index is 11.4. The maximum Gasteiger partial charge on any atom is 0.495 e. The van der Waals surface area contributed by atoms with Gasteiger partial charge in [-0.1, -0.05) is 75.9 Å². The van der Waals surface area contributed by atoms with E-state index >= 15 is 0 Å². The van der Waals surface area contributed by atoms with Gasteiger partial charge in [0.15, 0.2) is 0 Å². The van der Waals surface area contributed by atoms with Crippen LogP contribution in [0.5, 0.6) is 0 Å². The van der Waals surface area contributed by atoms with Gasteiger partial charge in [0, 0.05) is 19.7 Å². The number of carbonyl (C=O) groups excluding carboxylic acids is 4. The third kappa shape index (κ3) is 14.2. The van der Waals surface area contributed by atoms with E-state index in [9.17, 15) is 29.1 Å². The number of hydrogen-bond donors (Lipinski definition) is 1. The van der Waals surface area contributed by atoms with Gasteiger partial charge in [-0.3, -0.25) is 19.2 Å². The molecule has 2 aromatic carbocycles. The van der Waals surface area contributed by atoms with E-state index < -0.39 is 58.3 Å². The molecule has 0 aromatic heterocycles. The number of halogens is 7. The van der Waals surface area contributed by atoms with Crippen molar-refractivity contribution in [3.05, 3.63) is 58.7 Å². The summed E-state index contributed by atoms with van der Waals surface area (Å²) in [6.07, 6.45) is 0.750. The molecule has 0 bridgehead atoms. The van der Waals surface area contributed by atoms with Crippen LogP contribution in [0.1, 0.15) is 94.7 Å². The molecule has 0 unspecified atom stereocenters. The van der Waals surface area contributed by atoms with Crippen LogP contribution in [0.15, 0.2) is 36.4 Å². The van der Waals surface area contributed by atoms with Crippen LogP contribution in [0.4, 0.5) is 0 Å². The van der Waals surface area contributed by atoms with Crippen LogP contribution in [0, 0.1) is 0 Å². The number of alkyl halides is 4. The molecule has 0 saturated carbocycles. The number of benzene rings is 2. The molecule has 20 heteroatoms. The smallest absolute Gasteiger partial charge is 0.478 e. The average Bonchev–Trinajstić information content (AvgIpc) is 3.40. The number of carboxylic acid groups (broad SMARTS) is 1. The Balaban J connectivity index is 0.000000415. The number of carbonyl (C=O) groups is 5. The molecule has 1 N–H and O–H groups in total. The Morgan fingerprint density at radius 2 is 0.943 bits per heavy atom. The Bertz CT molecular complexity index is 1520. The van der Waals surface area contributed by atoms with E-state index in [1.54, 1.807) is 44.4 Å². The maximum absolute atomic E-state index is 11.4. The number of hydrogen-bond acceptors (Lipinski definition) is 9. The van der Waals surface area contributed by atoms with E-state index in [1.165, 1.54) is 4.90 Å². The van der Waals surface area contributed by atoms with Crippen LogP contribution in [-0.4, -0.2) is 88.8 Å². The highest BCUT2D eigenvalue weighted by Gasteiger charge is 2.53. The van der Waals surface area contributed by atoms with Crippen molar-refractivity contribution in [3.63, 3.8) is 0 Å². The molecule has 2 saturated heterocycles. The summed E-state index contributed by atoms with van der Waals surface area (Å²) in [6.45, 7) is 15.8. The molecule has 0 spiro atoms. The lowest BCUT2D eigenvalue weighted by Crippen LogP contribution is -2.41. The molecule has 53 heavy (non-hydrogen) atoms. The van der Waals surface area contributed by atoms with Crippen molar-refractivity contribution in [3.8, 4) is 0 Å². The van der Waals surface area contributed by atoms with Crippen LogP contribution in [0.2, 0.25) is 0 Å². The summed E-state index contributed by atoms with van der Waals surface area (Å²) in [4.78, 5) is 52.3. The normalized spacial score (nSPS) is 17.4. The Morgan fingerprint density at radius 1 is 0.660 bits per heavy atom. The minimum absolute atomic E-state index is 0.0708. The van der Waals surface area contributed by atoms with Crippen molar-refractivity contribution in [2.75, 3.05) is 14.1 Å². The van der Waals surface area contributed by atoms with Crippen molar-refractivity contribution in [1.82, 2.24) is 4.90 Å². The number of amides is 1. The molecule has 0 radical (unpaired) electrons. The summed E-state index contributed by atoms with van der Waals surface area (Å²) in [5.74, 6) is -0.972. The summed E-state index contributed by atoms with van der Waals surface area (Å²) < 4.78 is 24.0. The summed E-state index contributed by atoms with van der Waals surface area (Å²) in [5.41, 5.74) is 2.15. The van der Waals surface area contributed by atoms with Crippen molar-refractivity contribution in [2.24, 2.45) is 0 Å². The minimum atomic E-state index is -1.14. The first-order valence-corrected chi connectivity index (χ1v) is 20.3. The van der Waals surface area contributed by atoms with E-state index in [2.05, 4.69) is 86.9 Å². The first-order valence-electron chi connectivity index (χ1n) is 15.5. The molecule has 292 valence electrons. The number of nitrogens with zero attached hydrogens (tertiary/aromatic N) is 1. The zero-order valence-electron chi connectivity index (χ0n) is 30.6. The number of rotatable bonds is 8. The predicted octanol–water partition coefficient (Wildman–Crippen LogP) is 7.85. The second-order valence-corrected chi connectivity index (χ2v) is 20.8. The van der Waals surface area contributed by atoms with Crippen molar-refractivity contribution >= 4 is 152 Å². The van der Waals surface area contributed by atoms with Crippen molar-refractivity contribution in [1.29, 1.82) is 0 Å². The van der Waals surface area contributed by atoms with Gasteiger partial charge in [-0.15, -0.1) is 0 Å². The number of carboxylic acids is 1. The summed E-state index contributed by atoms with van der Waals surface area (Å²) in [6, 6.07) is 10.2. The van der Waals surface area contributed by atoms with Gasteiger partial charge < -0.3 is 28.6 Å². The van der Waals surface area contributed by atoms with Gasteiger partial charge in [-0.25, -0.2) is 4.79 Å². The van der Waals surface area contributed by atoms with Crippen LogP contribution in [0.3, 0.4) is 0 Å². The monoisotopic (exact) mass is 1050 g/mol. The van der Waals surface area contributed by atoms with E-state index in [0.29, 0.717) is 11.0 Å². The highest BCUT2D eigenvalue weighted by molar-refractivity contribution is 9.24. The molecule has 2 fully saturated rings. The lowest BCUT2D eigenvalue weighted by molar-refractivity contribution is -0.127. The molecule has 2 aliphatic heterocycles. The van der Waals surface area contributed by atoms with Crippen molar-refractivity contribution in [2.45, 2.75) is 85.3 Å². The molecule has 4 rings (SSSR count). The molecule has 0 atom stereocenters. The third-order valence-corrected chi connectivity index (χ3v) is 11.1. The fourth-order valence-electron chi connectivity index (χ4n) is 4.15. The van der Waals surface area contributed by atoms with Crippen LogP contribution in [-0.2, 0) is 33.0 Å². The molecular formula is C33H40B2Br4Cl3NO10.